The van der Waals surface area contributed by atoms with Crippen molar-refractivity contribution in [3.63, 3.8) is 0 Å². The fourth-order valence-electron chi connectivity index (χ4n) is 1.03. The van der Waals surface area contributed by atoms with Crippen molar-refractivity contribution in [2.75, 3.05) is 11.9 Å². The number of hydrogen-bond donors (Lipinski definition) is 1. The fourth-order valence-corrected chi connectivity index (χ4v) is 1.41. The number of hydrogen-bond acceptors (Lipinski definition) is 1. The average molecular weight is 258 g/mol. The highest BCUT2D eigenvalue weighted by atomic mass is 35.5. The molecule has 0 aliphatic carbocycles. The molecule has 0 aliphatic heterocycles. The number of benzene rings is 1. The smallest absolute Gasteiger partial charge is 0.376 e. The number of aryl methyl sites for hydroxylation is 1. The van der Waals surface area contributed by atoms with E-state index in [1.54, 1.807) is 6.92 Å². The van der Waals surface area contributed by atoms with E-state index in [-0.39, 0.29) is 5.02 Å². The molecule has 1 aromatic carbocycles. The van der Waals surface area contributed by atoms with Crippen molar-refractivity contribution in [2.45, 2.75) is 13.1 Å². The van der Waals surface area contributed by atoms with E-state index >= 15 is 0 Å². The van der Waals surface area contributed by atoms with Gasteiger partial charge in [-0.3, -0.25) is 0 Å². The molecule has 1 rings (SSSR count). The van der Waals surface area contributed by atoms with Crippen molar-refractivity contribution in [1.82, 2.24) is 0 Å². The molecule has 6 heteroatoms. The van der Waals surface area contributed by atoms with Gasteiger partial charge < -0.3 is 5.32 Å². The van der Waals surface area contributed by atoms with Crippen molar-refractivity contribution in [3.8, 4) is 0 Å². The van der Waals surface area contributed by atoms with Crippen LogP contribution >= 0.6 is 23.2 Å². The summed E-state index contributed by atoms with van der Waals surface area (Å²) in [6.07, 6.45) is -4.25. The zero-order valence-electron chi connectivity index (χ0n) is 7.75. The van der Waals surface area contributed by atoms with Gasteiger partial charge in [-0.05, 0) is 24.6 Å². The first-order chi connectivity index (χ1) is 6.79. The number of rotatable bonds is 2. The maximum absolute atomic E-state index is 11.9. The minimum absolute atomic E-state index is 0.229. The molecule has 15 heavy (non-hydrogen) atoms. The van der Waals surface area contributed by atoms with Crippen LogP contribution in [0.3, 0.4) is 0 Å². The molecule has 0 amide bonds. The molecule has 1 N–H and O–H groups in total. The van der Waals surface area contributed by atoms with Gasteiger partial charge in [0.05, 0.1) is 10.0 Å². The van der Waals surface area contributed by atoms with Gasteiger partial charge in [-0.15, -0.1) is 0 Å². The average Bonchev–Trinajstić information content (AvgIpc) is 2.07. The van der Waals surface area contributed by atoms with Crippen molar-refractivity contribution in [1.29, 1.82) is 0 Å². The first-order valence-corrected chi connectivity index (χ1v) is 4.81. The first-order valence-electron chi connectivity index (χ1n) is 4.06. The molecule has 0 fully saturated rings. The maximum Gasteiger partial charge on any atom is 0.405 e. The maximum atomic E-state index is 11.9. The molecule has 0 bridgehead atoms. The van der Waals surface area contributed by atoms with Crippen LogP contribution in [0.1, 0.15) is 5.56 Å². The zero-order chi connectivity index (χ0) is 11.6. The highest BCUT2D eigenvalue weighted by molar-refractivity contribution is 6.42. The molecule has 0 radical (unpaired) electrons. The van der Waals surface area contributed by atoms with Crippen molar-refractivity contribution in [3.05, 3.63) is 27.7 Å². The van der Waals surface area contributed by atoms with Crippen LogP contribution in [0, 0.1) is 6.92 Å². The summed E-state index contributed by atoms with van der Waals surface area (Å²) in [5.41, 5.74) is 0.954. The van der Waals surface area contributed by atoms with Crippen LogP contribution < -0.4 is 5.32 Å². The molecule has 1 nitrogen and oxygen atoms in total. The third-order valence-electron chi connectivity index (χ3n) is 1.75. The molecule has 84 valence electrons. The van der Waals surface area contributed by atoms with Gasteiger partial charge in [0, 0.05) is 5.69 Å². The number of alkyl halides is 3. The zero-order valence-corrected chi connectivity index (χ0v) is 9.26. The standard InChI is InChI=1S/C9H8Cl2F3N/c1-5-2-6(10)7(11)3-8(5)15-4-9(12,13)14/h2-3,15H,4H2,1H3. The Hall–Kier alpha value is -0.610. The van der Waals surface area contributed by atoms with Gasteiger partial charge in [0.1, 0.15) is 6.54 Å². The van der Waals surface area contributed by atoms with E-state index in [0.29, 0.717) is 16.3 Å². The summed E-state index contributed by atoms with van der Waals surface area (Å²) in [6.45, 7) is 0.562. The molecule has 1 aromatic rings. The summed E-state index contributed by atoms with van der Waals surface area (Å²) in [4.78, 5) is 0. The Kier molecular flexibility index (Phi) is 3.73. The lowest BCUT2D eigenvalue weighted by atomic mass is 10.2. The Morgan fingerprint density at radius 3 is 2.27 bits per heavy atom. The van der Waals surface area contributed by atoms with Crippen molar-refractivity contribution in [2.24, 2.45) is 0 Å². The lowest BCUT2D eigenvalue weighted by Crippen LogP contribution is -2.21. The van der Waals surface area contributed by atoms with Gasteiger partial charge in [-0.2, -0.15) is 13.2 Å². The first kappa shape index (κ1) is 12.5. The summed E-state index contributed by atoms with van der Waals surface area (Å²) in [6, 6.07) is 2.90. The van der Waals surface area contributed by atoms with Gasteiger partial charge in [-0.1, -0.05) is 23.2 Å². The van der Waals surface area contributed by atoms with Gasteiger partial charge in [0.2, 0.25) is 0 Å². The van der Waals surface area contributed by atoms with Crippen molar-refractivity contribution >= 4 is 28.9 Å². The summed E-state index contributed by atoms with van der Waals surface area (Å²) in [5.74, 6) is 0. The molecular weight excluding hydrogens is 250 g/mol. The lowest BCUT2D eigenvalue weighted by molar-refractivity contribution is -0.115. The molecule has 0 unspecified atom stereocenters. The molecular formula is C9H8Cl2F3N. The molecule has 0 atom stereocenters. The van der Waals surface area contributed by atoms with Crippen molar-refractivity contribution < 1.29 is 13.2 Å². The van der Waals surface area contributed by atoms with Gasteiger partial charge >= 0.3 is 6.18 Å². The van der Waals surface area contributed by atoms with E-state index in [2.05, 4.69) is 5.32 Å². The fraction of sp³-hybridized carbons (Fsp3) is 0.333. The van der Waals surface area contributed by atoms with Crippen LogP contribution in [0.2, 0.25) is 10.0 Å². The van der Waals surface area contributed by atoms with E-state index in [9.17, 15) is 13.2 Å². The van der Waals surface area contributed by atoms with Gasteiger partial charge in [-0.25, -0.2) is 0 Å². The van der Waals surface area contributed by atoms with E-state index in [1.807, 2.05) is 0 Å². The Morgan fingerprint density at radius 2 is 1.73 bits per heavy atom. The second-order valence-corrected chi connectivity index (χ2v) is 3.86. The van der Waals surface area contributed by atoms with Gasteiger partial charge in [0.25, 0.3) is 0 Å². The summed E-state index contributed by atoms with van der Waals surface area (Å²) >= 11 is 11.4. The van der Waals surface area contributed by atoms with E-state index in [4.69, 9.17) is 23.2 Å². The second-order valence-electron chi connectivity index (χ2n) is 3.05. The minimum atomic E-state index is -4.25. The predicted octanol–water partition coefficient (Wildman–Crippen LogP) is 4.28. The third-order valence-corrected chi connectivity index (χ3v) is 2.47. The highest BCUT2D eigenvalue weighted by Crippen LogP contribution is 2.29. The Labute approximate surface area is 95.2 Å². The van der Waals surface area contributed by atoms with E-state index < -0.39 is 12.7 Å². The largest absolute Gasteiger partial charge is 0.405 e. The predicted molar refractivity (Wildman–Crippen MR) is 55.7 cm³/mol. The SMILES string of the molecule is Cc1cc(Cl)c(Cl)cc1NCC(F)(F)F. The lowest BCUT2D eigenvalue weighted by Gasteiger charge is -2.12. The second kappa shape index (κ2) is 4.49. The Bertz CT molecular complexity index is 363. The number of nitrogens with one attached hydrogen (secondary N) is 1. The monoisotopic (exact) mass is 257 g/mol. The topological polar surface area (TPSA) is 12.0 Å². The van der Waals surface area contributed by atoms with Crippen LogP contribution in [0.15, 0.2) is 12.1 Å². The van der Waals surface area contributed by atoms with Crippen LogP contribution in [0.25, 0.3) is 0 Å². The van der Waals surface area contributed by atoms with Gasteiger partial charge in [0.15, 0.2) is 0 Å². The number of halogens is 5. The normalized spacial score (nSPS) is 11.6. The van der Waals surface area contributed by atoms with Crippen LogP contribution in [-0.2, 0) is 0 Å². The molecule has 0 aliphatic rings. The highest BCUT2D eigenvalue weighted by Gasteiger charge is 2.26. The molecule has 0 spiro atoms. The van der Waals surface area contributed by atoms with E-state index in [0.717, 1.165) is 0 Å². The Balaban J connectivity index is 2.82. The summed E-state index contributed by atoms with van der Waals surface area (Å²) < 4.78 is 35.8. The molecule has 0 saturated heterocycles. The van der Waals surface area contributed by atoms with E-state index in [1.165, 1.54) is 12.1 Å². The quantitative estimate of drug-likeness (QED) is 0.834. The van der Waals surface area contributed by atoms with Crippen LogP contribution in [-0.4, -0.2) is 12.7 Å². The number of anilines is 1. The van der Waals surface area contributed by atoms with Crippen LogP contribution in [0.4, 0.5) is 18.9 Å². The molecule has 0 heterocycles. The molecule has 0 saturated carbocycles. The minimum Gasteiger partial charge on any atom is -0.376 e. The summed E-state index contributed by atoms with van der Waals surface area (Å²) in [5, 5.41) is 2.81. The third kappa shape index (κ3) is 3.80. The molecule has 0 aromatic heterocycles. The Morgan fingerprint density at radius 1 is 1.20 bits per heavy atom. The summed E-state index contributed by atoms with van der Waals surface area (Å²) in [7, 11) is 0. The van der Waals surface area contributed by atoms with Crippen LogP contribution in [0.5, 0.6) is 0 Å².